The summed E-state index contributed by atoms with van der Waals surface area (Å²) < 4.78 is 33.0. The summed E-state index contributed by atoms with van der Waals surface area (Å²) >= 11 is 0. The van der Waals surface area contributed by atoms with E-state index in [4.69, 9.17) is 15.1 Å². The van der Waals surface area contributed by atoms with Crippen molar-refractivity contribution in [1.82, 2.24) is 20.1 Å². The van der Waals surface area contributed by atoms with Crippen LogP contribution in [-0.4, -0.2) is 65.3 Å². The molecule has 32 heavy (non-hydrogen) atoms. The molecule has 12 heteroatoms. The maximum atomic E-state index is 13.2. The molecule has 1 aromatic heterocycles. The first-order chi connectivity index (χ1) is 15.3. The van der Waals surface area contributed by atoms with Gasteiger partial charge in [-0.05, 0) is 54.8 Å². The van der Waals surface area contributed by atoms with Crippen molar-refractivity contribution in [2.24, 2.45) is 0 Å². The van der Waals surface area contributed by atoms with Crippen molar-refractivity contribution in [2.75, 3.05) is 13.2 Å². The molecule has 0 radical (unpaired) electrons. The van der Waals surface area contributed by atoms with Crippen molar-refractivity contribution in [1.29, 1.82) is 0 Å². The molecular weight excluding hydrogens is 440 g/mol. The van der Waals surface area contributed by atoms with E-state index in [1.807, 2.05) is 12.1 Å². The Hall–Kier alpha value is -3.22. The van der Waals surface area contributed by atoms with Gasteiger partial charge in [0.15, 0.2) is 0 Å². The van der Waals surface area contributed by atoms with E-state index in [2.05, 4.69) is 10.3 Å². The van der Waals surface area contributed by atoms with Crippen LogP contribution in [0.2, 0.25) is 0 Å². The van der Waals surface area contributed by atoms with E-state index >= 15 is 0 Å². The zero-order chi connectivity index (χ0) is 23.1. The van der Waals surface area contributed by atoms with Gasteiger partial charge in [-0.25, -0.2) is 18.7 Å². The van der Waals surface area contributed by atoms with Gasteiger partial charge in [0, 0.05) is 25.4 Å². The Balaban J connectivity index is 1.73. The number of rotatable bonds is 8. The van der Waals surface area contributed by atoms with Crippen LogP contribution in [0.1, 0.15) is 18.4 Å². The smallest absolute Gasteiger partial charge is 0.404 e. The van der Waals surface area contributed by atoms with Crippen LogP contribution in [0.5, 0.6) is 5.75 Å². The van der Waals surface area contributed by atoms with Gasteiger partial charge in [0.25, 0.3) is 5.91 Å². The van der Waals surface area contributed by atoms with E-state index in [1.54, 1.807) is 12.4 Å². The van der Waals surface area contributed by atoms with Crippen LogP contribution in [0, 0.1) is 0 Å². The summed E-state index contributed by atoms with van der Waals surface area (Å²) in [6, 6.07) is 7.07. The molecule has 11 nitrogen and oxygen atoms in total. The summed E-state index contributed by atoms with van der Waals surface area (Å²) in [5, 5.41) is 20.3. The highest BCUT2D eigenvalue weighted by Crippen LogP contribution is 2.27. The Morgan fingerprint density at radius 2 is 1.84 bits per heavy atom. The van der Waals surface area contributed by atoms with Crippen molar-refractivity contribution in [3.8, 4) is 5.75 Å². The Bertz CT molecular complexity index is 1030. The minimum absolute atomic E-state index is 0.00238. The molecule has 172 valence electrons. The summed E-state index contributed by atoms with van der Waals surface area (Å²) in [5.41, 5.74) is 2.49. The Kier molecular flexibility index (Phi) is 7.62. The highest BCUT2D eigenvalue weighted by atomic mass is 32.2. The fourth-order valence-corrected chi connectivity index (χ4v) is 5.27. The molecule has 4 N–H and O–H groups in total. The van der Waals surface area contributed by atoms with Crippen molar-refractivity contribution >= 4 is 22.0 Å². The number of carbonyl (C=O) groups excluding carboxylic acids is 1. The van der Waals surface area contributed by atoms with Gasteiger partial charge in [0.1, 0.15) is 11.8 Å². The average Bonchev–Trinajstić information content (AvgIpc) is 2.79. The first-order valence-corrected chi connectivity index (χ1v) is 11.3. The lowest BCUT2D eigenvalue weighted by Crippen LogP contribution is -2.62. The number of amides is 2. The van der Waals surface area contributed by atoms with Crippen molar-refractivity contribution in [3.63, 3.8) is 0 Å². The lowest BCUT2D eigenvalue weighted by molar-refractivity contribution is -0.134. The van der Waals surface area contributed by atoms with Crippen LogP contribution in [0.4, 0.5) is 4.79 Å². The number of pyridine rings is 1. The van der Waals surface area contributed by atoms with E-state index < -0.39 is 34.1 Å². The quantitative estimate of drug-likeness (QED) is 0.333. The standard InChI is InChI=1S/C20H24N4O7S/c25-19(23-28)18-17(22-20(26)27)2-1-12-24(18)32(29,30)16-5-3-15(4-6-16)31-13-9-14-7-10-21-11-8-14/h3-8,10-11,17-18,22,28H,1-2,9,12-13H2,(H,23,25)(H,26,27). The van der Waals surface area contributed by atoms with Gasteiger partial charge in [-0.2, -0.15) is 4.31 Å². The van der Waals surface area contributed by atoms with Crippen LogP contribution in [0.3, 0.4) is 0 Å². The van der Waals surface area contributed by atoms with Crippen molar-refractivity contribution < 1.29 is 33.1 Å². The van der Waals surface area contributed by atoms with E-state index in [-0.39, 0.29) is 17.9 Å². The van der Waals surface area contributed by atoms with Gasteiger partial charge >= 0.3 is 6.09 Å². The predicted octanol–water partition coefficient (Wildman–Crippen LogP) is 0.998. The zero-order valence-electron chi connectivity index (χ0n) is 17.0. The Morgan fingerprint density at radius 1 is 1.16 bits per heavy atom. The second-order valence-corrected chi connectivity index (χ2v) is 9.05. The number of hydrogen-bond acceptors (Lipinski definition) is 7. The number of hydroxylamine groups is 1. The van der Waals surface area contributed by atoms with Crippen LogP contribution >= 0.6 is 0 Å². The molecule has 2 aromatic rings. The van der Waals surface area contributed by atoms with Crippen LogP contribution in [0.15, 0.2) is 53.7 Å². The zero-order valence-corrected chi connectivity index (χ0v) is 17.9. The van der Waals surface area contributed by atoms with Crippen LogP contribution in [0.25, 0.3) is 0 Å². The number of ether oxygens (including phenoxy) is 1. The molecule has 1 fully saturated rings. The predicted molar refractivity (Wildman–Crippen MR) is 112 cm³/mol. The third kappa shape index (κ3) is 5.52. The molecular formula is C20H24N4O7S. The van der Waals surface area contributed by atoms with Gasteiger partial charge in [0.2, 0.25) is 10.0 Å². The second kappa shape index (κ2) is 10.4. The molecule has 3 rings (SSSR count). The molecule has 2 amide bonds. The van der Waals surface area contributed by atoms with Crippen molar-refractivity contribution in [2.45, 2.75) is 36.2 Å². The molecule has 1 aromatic carbocycles. The first-order valence-electron chi connectivity index (χ1n) is 9.90. The molecule has 0 saturated carbocycles. The maximum absolute atomic E-state index is 13.2. The first kappa shape index (κ1) is 23.4. The number of carbonyl (C=O) groups is 2. The topological polar surface area (TPSA) is 158 Å². The van der Waals surface area contributed by atoms with Gasteiger partial charge in [0.05, 0.1) is 17.5 Å². The molecule has 1 aliphatic rings. The van der Waals surface area contributed by atoms with Gasteiger partial charge in [-0.15, -0.1) is 0 Å². The number of carboxylic acid groups (broad SMARTS) is 1. The van der Waals surface area contributed by atoms with E-state index in [0.29, 0.717) is 25.2 Å². The number of benzene rings is 1. The van der Waals surface area contributed by atoms with E-state index in [0.717, 1.165) is 9.87 Å². The third-order valence-electron chi connectivity index (χ3n) is 5.11. The highest BCUT2D eigenvalue weighted by Gasteiger charge is 2.44. The fourth-order valence-electron chi connectivity index (χ4n) is 3.60. The summed E-state index contributed by atoms with van der Waals surface area (Å²) in [4.78, 5) is 27.2. The van der Waals surface area contributed by atoms with E-state index in [1.165, 1.54) is 29.7 Å². The highest BCUT2D eigenvalue weighted by molar-refractivity contribution is 7.89. The number of sulfonamides is 1. The SMILES string of the molecule is O=C(O)NC1CCCN(S(=O)(=O)c2ccc(OCCc3ccncc3)cc2)C1C(=O)NO. The number of hydrogen-bond donors (Lipinski definition) is 4. The normalized spacial score (nSPS) is 19.2. The molecule has 0 spiro atoms. The van der Waals surface area contributed by atoms with Crippen molar-refractivity contribution in [3.05, 3.63) is 54.4 Å². The number of aromatic nitrogens is 1. The maximum Gasteiger partial charge on any atom is 0.404 e. The van der Waals surface area contributed by atoms with Gasteiger partial charge < -0.3 is 15.2 Å². The van der Waals surface area contributed by atoms with Crippen LogP contribution in [-0.2, 0) is 21.2 Å². The Morgan fingerprint density at radius 3 is 2.47 bits per heavy atom. The Labute approximate surface area is 185 Å². The lowest BCUT2D eigenvalue weighted by Gasteiger charge is -2.38. The lowest BCUT2D eigenvalue weighted by atomic mass is 9.98. The van der Waals surface area contributed by atoms with Crippen LogP contribution < -0.4 is 15.5 Å². The number of nitrogens with zero attached hydrogens (tertiary/aromatic N) is 2. The molecule has 2 unspecified atom stereocenters. The molecule has 2 atom stereocenters. The molecule has 0 aliphatic carbocycles. The largest absolute Gasteiger partial charge is 0.493 e. The number of nitrogens with one attached hydrogen (secondary N) is 2. The van der Waals surface area contributed by atoms with Gasteiger partial charge in [-0.1, -0.05) is 0 Å². The molecule has 0 bridgehead atoms. The average molecular weight is 465 g/mol. The third-order valence-corrected chi connectivity index (χ3v) is 7.01. The fraction of sp³-hybridized carbons (Fsp3) is 0.350. The minimum Gasteiger partial charge on any atom is -0.493 e. The van der Waals surface area contributed by atoms with E-state index in [9.17, 15) is 18.0 Å². The summed E-state index contributed by atoms with van der Waals surface area (Å²) in [6.45, 7) is 0.395. The molecule has 2 heterocycles. The minimum atomic E-state index is -4.15. The summed E-state index contributed by atoms with van der Waals surface area (Å²) in [5.74, 6) is -0.533. The molecule has 1 saturated heterocycles. The van der Waals surface area contributed by atoms with Gasteiger partial charge in [-0.3, -0.25) is 15.0 Å². The summed E-state index contributed by atoms with van der Waals surface area (Å²) in [6.07, 6.45) is 3.24. The number of piperidine rings is 1. The second-order valence-electron chi connectivity index (χ2n) is 7.16. The monoisotopic (exact) mass is 464 g/mol. The molecule has 1 aliphatic heterocycles. The summed E-state index contributed by atoms with van der Waals surface area (Å²) in [7, 11) is -4.15.